The fourth-order valence-corrected chi connectivity index (χ4v) is 2.60. The van der Waals surface area contributed by atoms with E-state index >= 15 is 0 Å². The van der Waals surface area contributed by atoms with Gasteiger partial charge < -0.3 is 9.72 Å². The Balaban J connectivity index is 2.21. The number of pyridine rings is 1. The van der Waals surface area contributed by atoms with Crippen molar-refractivity contribution in [2.45, 2.75) is 6.42 Å². The van der Waals surface area contributed by atoms with Gasteiger partial charge in [-0.3, -0.25) is 4.79 Å². The Morgan fingerprint density at radius 1 is 1.27 bits per heavy atom. The predicted octanol–water partition coefficient (Wildman–Crippen LogP) is 0.475. The molecule has 2 rings (SSSR count). The van der Waals surface area contributed by atoms with Crippen LogP contribution >= 0.6 is 0 Å². The van der Waals surface area contributed by atoms with E-state index in [1.54, 1.807) is 25.3 Å². The van der Waals surface area contributed by atoms with Crippen molar-refractivity contribution in [1.29, 1.82) is 0 Å². The summed E-state index contributed by atoms with van der Waals surface area (Å²) in [5.74, 6) is 0.693. The van der Waals surface area contributed by atoms with E-state index in [1.165, 1.54) is 14.1 Å². The summed E-state index contributed by atoms with van der Waals surface area (Å²) in [6.45, 7) is 0.152. The molecule has 0 fully saturated rings. The van der Waals surface area contributed by atoms with E-state index in [1.807, 2.05) is 6.07 Å². The molecule has 8 heteroatoms. The lowest BCUT2D eigenvalue weighted by molar-refractivity contribution is 0.415. The van der Waals surface area contributed by atoms with Crippen molar-refractivity contribution in [1.82, 2.24) is 14.0 Å². The number of aromatic amines is 1. The zero-order chi connectivity index (χ0) is 16.3. The molecule has 0 aliphatic rings. The van der Waals surface area contributed by atoms with Crippen molar-refractivity contribution in [3.05, 3.63) is 40.2 Å². The molecule has 1 heterocycles. The predicted molar refractivity (Wildman–Crippen MR) is 85.4 cm³/mol. The number of hydrogen-bond donors (Lipinski definition) is 2. The molecule has 22 heavy (non-hydrogen) atoms. The summed E-state index contributed by atoms with van der Waals surface area (Å²) in [6, 6.07) is 7.11. The van der Waals surface area contributed by atoms with E-state index in [0.29, 0.717) is 23.3 Å². The maximum atomic E-state index is 12.0. The van der Waals surface area contributed by atoms with Gasteiger partial charge in [-0.1, -0.05) is 0 Å². The minimum absolute atomic E-state index is 0.152. The summed E-state index contributed by atoms with van der Waals surface area (Å²) in [5, 5.41) is 0.837. The first-order valence-corrected chi connectivity index (χ1v) is 8.14. The molecule has 0 saturated carbocycles. The number of ether oxygens (including phenoxy) is 1. The van der Waals surface area contributed by atoms with Crippen LogP contribution in [0.5, 0.6) is 5.75 Å². The number of benzene rings is 1. The Morgan fingerprint density at radius 3 is 2.64 bits per heavy atom. The Hall–Kier alpha value is -1.90. The van der Waals surface area contributed by atoms with Gasteiger partial charge in [0.1, 0.15) is 5.75 Å². The number of aromatic nitrogens is 1. The molecule has 0 atom stereocenters. The van der Waals surface area contributed by atoms with Crippen LogP contribution in [0.4, 0.5) is 0 Å². The smallest absolute Gasteiger partial charge is 0.278 e. The van der Waals surface area contributed by atoms with Crippen molar-refractivity contribution >= 4 is 21.1 Å². The maximum Gasteiger partial charge on any atom is 0.278 e. The molecule has 1 aromatic heterocycles. The molecule has 0 saturated heterocycles. The number of nitrogens with zero attached hydrogens (tertiary/aromatic N) is 1. The monoisotopic (exact) mass is 325 g/mol. The molecule has 0 aliphatic carbocycles. The first kappa shape index (κ1) is 16.5. The van der Waals surface area contributed by atoms with Crippen molar-refractivity contribution in [3.8, 4) is 5.75 Å². The summed E-state index contributed by atoms with van der Waals surface area (Å²) in [4.78, 5) is 14.8. The maximum absolute atomic E-state index is 12.0. The van der Waals surface area contributed by atoms with Gasteiger partial charge in [0.05, 0.1) is 7.11 Å². The normalized spacial score (nSPS) is 12.0. The standard InChI is InChI=1S/C14H19N3O4S/c1-17(2)22(19,20)15-7-6-10-8-11-9-12(21-3)4-5-13(11)16-14(10)18/h4-5,8-9,15H,6-7H2,1-3H3,(H,16,18). The summed E-state index contributed by atoms with van der Waals surface area (Å²) in [7, 11) is 0.974. The highest BCUT2D eigenvalue weighted by Gasteiger charge is 2.12. The Bertz CT molecular complexity index is 828. The minimum atomic E-state index is -3.48. The second-order valence-electron chi connectivity index (χ2n) is 5.01. The largest absolute Gasteiger partial charge is 0.497 e. The molecule has 1 aromatic carbocycles. The van der Waals surface area contributed by atoms with E-state index in [0.717, 1.165) is 9.69 Å². The number of methoxy groups -OCH3 is 1. The number of H-pyrrole nitrogens is 1. The molecular formula is C14H19N3O4S. The molecule has 0 amide bonds. The third-order valence-corrected chi connectivity index (χ3v) is 4.82. The van der Waals surface area contributed by atoms with E-state index in [-0.39, 0.29) is 12.1 Å². The molecule has 0 bridgehead atoms. The lowest BCUT2D eigenvalue weighted by Gasteiger charge is -2.12. The first-order valence-electron chi connectivity index (χ1n) is 6.70. The van der Waals surface area contributed by atoms with Gasteiger partial charge in [-0.25, -0.2) is 4.72 Å². The fourth-order valence-electron chi connectivity index (χ4n) is 1.99. The summed E-state index contributed by atoms with van der Waals surface area (Å²) >= 11 is 0. The first-order chi connectivity index (χ1) is 10.3. The molecule has 0 aliphatic heterocycles. The molecule has 0 unspecified atom stereocenters. The second kappa shape index (κ2) is 6.47. The van der Waals surface area contributed by atoms with Gasteiger partial charge in [0, 0.05) is 37.1 Å². The average Bonchev–Trinajstić information content (AvgIpc) is 2.47. The van der Waals surface area contributed by atoms with Crippen molar-refractivity contribution in [2.75, 3.05) is 27.7 Å². The van der Waals surface area contributed by atoms with Gasteiger partial charge in [-0.15, -0.1) is 0 Å². The summed E-state index contributed by atoms with van der Waals surface area (Å²) in [5.41, 5.74) is 1.01. The van der Waals surface area contributed by atoms with Crippen LogP contribution in [0.15, 0.2) is 29.1 Å². The third kappa shape index (κ3) is 3.65. The average molecular weight is 325 g/mol. The molecule has 2 aromatic rings. The highest BCUT2D eigenvalue weighted by molar-refractivity contribution is 7.87. The number of hydrogen-bond acceptors (Lipinski definition) is 4. The highest BCUT2D eigenvalue weighted by Crippen LogP contribution is 2.18. The van der Waals surface area contributed by atoms with Gasteiger partial charge in [0.15, 0.2) is 0 Å². The Labute approximate surface area is 129 Å². The topological polar surface area (TPSA) is 91.5 Å². The molecule has 120 valence electrons. The SMILES string of the molecule is COc1ccc2[nH]c(=O)c(CCNS(=O)(=O)N(C)C)cc2c1. The van der Waals surface area contributed by atoms with Gasteiger partial charge >= 0.3 is 0 Å². The zero-order valence-corrected chi connectivity index (χ0v) is 13.5. The lowest BCUT2D eigenvalue weighted by atomic mass is 10.1. The van der Waals surface area contributed by atoms with E-state index in [4.69, 9.17) is 4.74 Å². The van der Waals surface area contributed by atoms with Gasteiger partial charge in [0.25, 0.3) is 15.8 Å². The van der Waals surface area contributed by atoms with Gasteiger partial charge in [-0.2, -0.15) is 12.7 Å². The highest BCUT2D eigenvalue weighted by atomic mass is 32.2. The zero-order valence-electron chi connectivity index (χ0n) is 12.7. The van der Waals surface area contributed by atoms with Crippen molar-refractivity contribution in [2.24, 2.45) is 0 Å². The van der Waals surface area contributed by atoms with Crippen LogP contribution in [-0.4, -0.2) is 45.5 Å². The van der Waals surface area contributed by atoms with Crippen LogP contribution in [0, 0.1) is 0 Å². The van der Waals surface area contributed by atoms with Crippen LogP contribution in [-0.2, 0) is 16.6 Å². The quantitative estimate of drug-likeness (QED) is 0.808. The van der Waals surface area contributed by atoms with Crippen molar-refractivity contribution < 1.29 is 13.2 Å². The van der Waals surface area contributed by atoms with Crippen LogP contribution in [0.3, 0.4) is 0 Å². The van der Waals surface area contributed by atoms with E-state index in [2.05, 4.69) is 9.71 Å². The van der Waals surface area contributed by atoms with E-state index in [9.17, 15) is 13.2 Å². The number of fused-ring (bicyclic) bond motifs is 1. The summed E-state index contributed by atoms with van der Waals surface area (Å²) in [6.07, 6.45) is 0.301. The second-order valence-corrected chi connectivity index (χ2v) is 6.98. The summed E-state index contributed by atoms with van der Waals surface area (Å²) < 4.78 is 31.9. The molecule has 0 spiro atoms. The van der Waals surface area contributed by atoms with Crippen LogP contribution in [0.25, 0.3) is 10.9 Å². The number of nitrogens with one attached hydrogen (secondary N) is 2. The van der Waals surface area contributed by atoms with Crippen LogP contribution < -0.4 is 15.0 Å². The minimum Gasteiger partial charge on any atom is -0.497 e. The third-order valence-electron chi connectivity index (χ3n) is 3.29. The molecule has 7 nitrogen and oxygen atoms in total. The number of rotatable bonds is 6. The van der Waals surface area contributed by atoms with Crippen LogP contribution in [0.2, 0.25) is 0 Å². The Kier molecular flexibility index (Phi) is 4.84. The van der Waals surface area contributed by atoms with E-state index < -0.39 is 10.2 Å². The Morgan fingerprint density at radius 2 is 2.00 bits per heavy atom. The van der Waals surface area contributed by atoms with Crippen molar-refractivity contribution in [3.63, 3.8) is 0 Å². The molecule has 2 N–H and O–H groups in total. The fraction of sp³-hybridized carbons (Fsp3) is 0.357. The van der Waals surface area contributed by atoms with Gasteiger partial charge in [0.2, 0.25) is 0 Å². The molecule has 0 radical (unpaired) electrons. The molecular weight excluding hydrogens is 306 g/mol. The lowest BCUT2D eigenvalue weighted by Crippen LogP contribution is -2.37. The van der Waals surface area contributed by atoms with Gasteiger partial charge in [-0.05, 0) is 30.7 Å². The van der Waals surface area contributed by atoms with Crippen LogP contribution in [0.1, 0.15) is 5.56 Å².